The van der Waals surface area contributed by atoms with E-state index in [2.05, 4.69) is 5.43 Å². The number of nitrogens with zero attached hydrogens (tertiary/aromatic N) is 1. The molecule has 14 heavy (non-hydrogen) atoms. The van der Waals surface area contributed by atoms with Gasteiger partial charge in [0.05, 0.1) is 5.54 Å². The summed E-state index contributed by atoms with van der Waals surface area (Å²) in [5.74, 6) is 0.231. The molecule has 76 valence electrons. The summed E-state index contributed by atoms with van der Waals surface area (Å²) in [6.45, 7) is 1.80. The van der Waals surface area contributed by atoms with Crippen LogP contribution in [0.2, 0.25) is 0 Å². The number of carbonyl (C=O) groups is 1. The van der Waals surface area contributed by atoms with E-state index in [1.54, 1.807) is 24.0 Å². The molecule has 1 aromatic rings. The minimum absolute atomic E-state index is 0.115. The number of nitrogens with one attached hydrogen (secondary N) is 1. The fourth-order valence-electron chi connectivity index (χ4n) is 1.52. The van der Waals surface area contributed by atoms with Gasteiger partial charge < -0.3 is 5.73 Å². The lowest BCUT2D eigenvalue weighted by Crippen LogP contribution is -2.52. The van der Waals surface area contributed by atoms with Gasteiger partial charge in [-0.25, -0.2) is 0 Å². The van der Waals surface area contributed by atoms with Crippen LogP contribution in [0.25, 0.3) is 0 Å². The number of hydrogen-bond donors (Lipinski definition) is 2. The van der Waals surface area contributed by atoms with E-state index in [0.29, 0.717) is 5.92 Å². The van der Waals surface area contributed by atoms with Gasteiger partial charge in [-0.15, -0.1) is 0 Å². The molecule has 1 aliphatic carbocycles. The van der Waals surface area contributed by atoms with Crippen molar-refractivity contribution in [3.63, 3.8) is 0 Å². The van der Waals surface area contributed by atoms with E-state index in [1.165, 1.54) is 0 Å². The fourth-order valence-corrected chi connectivity index (χ4v) is 1.52. The number of carbonyl (C=O) groups excluding carboxylic acids is 1. The van der Waals surface area contributed by atoms with Crippen LogP contribution in [0.5, 0.6) is 0 Å². The highest BCUT2D eigenvalue weighted by Crippen LogP contribution is 2.38. The van der Waals surface area contributed by atoms with Crippen LogP contribution in [0.4, 0.5) is 0 Å². The topological polar surface area (TPSA) is 60.1 Å². The summed E-state index contributed by atoms with van der Waals surface area (Å²) in [6, 6.07) is 3.70. The lowest BCUT2D eigenvalue weighted by Gasteiger charge is -2.23. The first kappa shape index (κ1) is 9.27. The van der Waals surface area contributed by atoms with Crippen molar-refractivity contribution in [1.82, 2.24) is 4.68 Å². The number of rotatable bonds is 3. The lowest BCUT2D eigenvalue weighted by molar-refractivity contribution is -0.122. The van der Waals surface area contributed by atoms with Crippen molar-refractivity contribution in [2.45, 2.75) is 25.3 Å². The Labute approximate surface area is 83.1 Å². The van der Waals surface area contributed by atoms with Crippen LogP contribution in [-0.4, -0.2) is 16.1 Å². The predicted octanol–water partition coefficient (Wildman–Crippen LogP) is 0.686. The van der Waals surface area contributed by atoms with E-state index in [9.17, 15) is 4.79 Å². The van der Waals surface area contributed by atoms with Crippen molar-refractivity contribution in [2.75, 3.05) is 5.43 Å². The number of hydrogen-bond acceptors (Lipinski definition) is 2. The Morgan fingerprint density at radius 2 is 2.07 bits per heavy atom. The van der Waals surface area contributed by atoms with Gasteiger partial charge in [-0.3, -0.25) is 14.9 Å². The molecular formula is C10H15N3O. The van der Waals surface area contributed by atoms with Gasteiger partial charge in [-0.05, 0) is 37.8 Å². The number of amides is 1. The molecule has 0 spiro atoms. The standard InChI is InChI=1S/C10H15N3O/c1-10(11,8-4-5-8)9(14)12-13-6-2-3-7-13/h2-3,6-8H,4-5,11H2,1H3,(H,12,14). The van der Waals surface area contributed by atoms with E-state index in [-0.39, 0.29) is 5.91 Å². The van der Waals surface area contributed by atoms with Crippen molar-refractivity contribution in [3.8, 4) is 0 Å². The smallest absolute Gasteiger partial charge is 0.258 e. The van der Waals surface area contributed by atoms with E-state index in [1.807, 2.05) is 12.1 Å². The number of nitrogens with two attached hydrogens (primary N) is 1. The Morgan fingerprint density at radius 3 is 2.57 bits per heavy atom. The van der Waals surface area contributed by atoms with Crippen molar-refractivity contribution in [2.24, 2.45) is 11.7 Å². The molecule has 1 atom stereocenters. The Balaban J connectivity index is 2.01. The molecule has 1 fully saturated rings. The Hall–Kier alpha value is -1.29. The van der Waals surface area contributed by atoms with Crippen molar-refractivity contribution < 1.29 is 4.79 Å². The summed E-state index contributed by atoms with van der Waals surface area (Å²) in [7, 11) is 0. The maximum absolute atomic E-state index is 11.8. The first-order valence-corrected chi connectivity index (χ1v) is 4.84. The quantitative estimate of drug-likeness (QED) is 0.741. The van der Waals surface area contributed by atoms with Crippen molar-refractivity contribution >= 4 is 5.91 Å². The molecule has 1 unspecified atom stereocenters. The third-order valence-corrected chi connectivity index (χ3v) is 2.75. The Bertz CT molecular complexity index is 325. The molecule has 4 nitrogen and oxygen atoms in total. The molecule has 0 aromatic carbocycles. The second kappa shape index (κ2) is 3.13. The molecule has 1 aromatic heterocycles. The van der Waals surface area contributed by atoms with Gasteiger partial charge in [0, 0.05) is 12.4 Å². The van der Waals surface area contributed by atoms with E-state index in [4.69, 9.17) is 5.73 Å². The lowest BCUT2D eigenvalue weighted by atomic mass is 9.97. The number of aromatic nitrogens is 1. The molecule has 3 N–H and O–H groups in total. The highest BCUT2D eigenvalue weighted by Gasteiger charge is 2.44. The molecule has 0 radical (unpaired) electrons. The summed E-state index contributed by atoms with van der Waals surface area (Å²) < 4.78 is 1.62. The van der Waals surface area contributed by atoms with Crippen LogP contribution >= 0.6 is 0 Å². The van der Waals surface area contributed by atoms with Gasteiger partial charge in [0.2, 0.25) is 0 Å². The van der Waals surface area contributed by atoms with E-state index >= 15 is 0 Å². The largest absolute Gasteiger partial charge is 0.317 e. The van der Waals surface area contributed by atoms with E-state index in [0.717, 1.165) is 12.8 Å². The Kier molecular flexibility index (Phi) is 2.07. The van der Waals surface area contributed by atoms with Gasteiger partial charge in [0.25, 0.3) is 5.91 Å². The van der Waals surface area contributed by atoms with Crippen molar-refractivity contribution in [3.05, 3.63) is 24.5 Å². The van der Waals surface area contributed by atoms with Gasteiger partial charge in [0.15, 0.2) is 0 Å². The summed E-state index contributed by atoms with van der Waals surface area (Å²) in [5.41, 5.74) is 7.96. The zero-order chi connectivity index (χ0) is 10.2. The zero-order valence-corrected chi connectivity index (χ0v) is 8.23. The van der Waals surface area contributed by atoms with Crippen LogP contribution in [0.1, 0.15) is 19.8 Å². The molecule has 2 rings (SSSR count). The Morgan fingerprint density at radius 1 is 1.50 bits per heavy atom. The molecule has 1 amide bonds. The highest BCUT2D eigenvalue weighted by molar-refractivity contribution is 5.92. The molecule has 1 aliphatic rings. The first-order valence-electron chi connectivity index (χ1n) is 4.84. The minimum atomic E-state index is -0.732. The van der Waals surface area contributed by atoms with Crippen LogP contribution in [-0.2, 0) is 4.79 Å². The van der Waals surface area contributed by atoms with Gasteiger partial charge >= 0.3 is 0 Å². The van der Waals surface area contributed by atoms with Crippen LogP contribution in [0.3, 0.4) is 0 Å². The van der Waals surface area contributed by atoms with Crippen LogP contribution in [0.15, 0.2) is 24.5 Å². The second-order valence-corrected chi connectivity index (χ2v) is 4.09. The highest BCUT2D eigenvalue weighted by atomic mass is 16.2. The summed E-state index contributed by atoms with van der Waals surface area (Å²) in [4.78, 5) is 11.8. The average Bonchev–Trinajstić information content (AvgIpc) is 2.88. The molecular weight excluding hydrogens is 178 g/mol. The minimum Gasteiger partial charge on any atom is -0.317 e. The molecule has 0 bridgehead atoms. The molecule has 1 heterocycles. The fraction of sp³-hybridized carbons (Fsp3) is 0.500. The third kappa shape index (κ3) is 1.65. The van der Waals surface area contributed by atoms with Gasteiger partial charge in [-0.2, -0.15) is 0 Å². The summed E-state index contributed by atoms with van der Waals surface area (Å²) in [5, 5.41) is 0. The maximum atomic E-state index is 11.8. The van der Waals surface area contributed by atoms with E-state index < -0.39 is 5.54 Å². The van der Waals surface area contributed by atoms with Crippen molar-refractivity contribution in [1.29, 1.82) is 0 Å². The summed E-state index contributed by atoms with van der Waals surface area (Å²) in [6.07, 6.45) is 5.68. The zero-order valence-electron chi connectivity index (χ0n) is 8.23. The van der Waals surface area contributed by atoms with Crippen LogP contribution in [0, 0.1) is 5.92 Å². The molecule has 0 saturated heterocycles. The third-order valence-electron chi connectivity index (χ3n) is 2.75. The average molecular weight is 193 g/mol. The SMILES string of the molecule is CC(N)(C(=O)Nn1cccc1)C1CC1. The molecule has 1 saturated carbocycles. The van der Waals surface area contributed by atoms with Gasteiger partial charge in [-0.1, -0.05) is 0 Å². The monoisotopic (exact) mass is 193 g/mol. The molecule has 0 aliphatic heterocycles. The summed E-state index contributed by atoms with van der Waals surface area (Å²) >= 11 is 0. The first-order chi connectivity index (χ1) is 6.60. The normalized spacial score (nSPS) is 20.1. The maximum Gasteiger partial charge on any atom is 0.258 e. The molecule has 4 heteroatoms. The van der Waals surface area contributed by atoms with Crippen LogP contribution < -0.4 is 11.2 Å². The predicted molar refractivity (Wildman–Crippen MR) is 54.1 cm³/mol. The van der Waals surface area contributed by atoms with Gasteiger partial charge in [0.1, 0.15) is 0 Å². The second-order valence-electron chi connectivity index (χ2n) is 4.09.